The van der Waals surface area contributed by atoms with E-state index in [-0.39, 0.29) is 5.28 Å². The van der Waals surface area contributed by atoms with Gasteiger partial charge in [0.15, 0.2) is 34.9 Å². The van der Waals surface area contributed by atoms with E-state index in [2.05, 4.69) is 273 Å². The minimum absolute atomic E-state index is 0.196. The van der Waals surface area contributed by atoms with Crippen LogP contribution in [0.15, 0.2) is 443 Å². The second kappa shape index (κ2) is 36.2. The van der Waals surface area contributed by atoms with Crippen molar-refractivity contribution in [3.63, 3.8) is 0 Å². The van der Waals surface area contributed by atoms with E-state index in [4.69, 9.17) is 76.3 Å². The van der Waals surface area contributed by atoms with E-state index in [0.717, 1.165) is 164 Å². The fourth-order valence-electron chi connectivity index (χ4n) is 19.8. The highest BCUT2D eigenvalue weighted by Gasteiger charge is 2.28. The lowest BCUT2D eigenvalue weighted by molar-refractivity contribution is 0.954. The quantitative estimate of drug-likeness (QED) is 0.146. The van der Waals surface area contributed by atoms with Crippen LogP contribution in [0.4, 0.5) is 0 Å². The topological polar surface area (TPSA) is 126 Å². The highest BCUT2D eigenvalue weighted by atomic mass is 35.5. The Hall–Kier alpha value is -16.8. The Balaban J connectivity index is 0.0000000982. The average Bonchev–Trinajstić information content (AvgIpc) is 1.57. The highest BCUT2D eigenvalue weighted by Crippen LogP contribution is 2.48. The molecule has 0 N–H and O–H groups in total. The summed E-state index contributed by atoms with van der Waals surface area (Å²) >= 11 is 27.0. The summed E-state index contributed by atoms with van der Waals surface area (Å²) in [7, 11) is 0. The predicted octanol–water partition coefficient (Wildman–Crippen LogP) is 33.0. The van der Waals surface area contributed by atoms with Crippen molar-refractivity contribution >= 4 is 165 Å². The average molecular weight is 1850 g/mol. The Morgan fingerprint density at radius 1 is 0.181 bits per heavy atom. The summed E-state index contributed by atoms with van der Waals surface area (Å²) in [6.07, 6.45) is 2.08. The van der Waals surface area contributed by atoms with E-state index in [9.17, 15) is 0 Å². The Kier molecular flexibility index (Phi) is 22.1. The first kappa shape index (κ1) is 84.2. The molecule has 15 heteroatoms. The van der Waals surface area contributed by atoms with Gasteiger partial charge in [-0.2, -0.15) is 29.9 Å². The van der Waals surface area contributed by atoms with Crippen LogP contribution in [0.5, 0.6) is 0 Å². The third kappa shape index (κ3) is 15.6. The lowest BCUT2D eigenvalue weighted by atomic mass is 9.98. The monoisotopic (exact) mass is 1850 g/mol. The molecule has 0 fully saturated rings. The summed E-state index contributed by atoms with van der Waals surface area (Å²) in [5.41, 5.74) is 20.6. The van der Waals surface area contributed by atoms with Crippen LogP contribution in [-0.2, 0) is 12.8 Å². The molecule has 652 valence electrons. The second-order valence-electron chi connectivity index (χ2n) is 34.2. The molecule has 138 heavy (non-hydrogen) atoms. The molecule has 2 aliphatic rings. The molecular formula is C123H77Cl4N11. The van der Waals surface area contributed by atoms with E-state index < -0.39 is 0 Å². The van der Waals surface area contributed by atoms with E-state index in [1.165, 1.54) is 60.7 Å². The zero-order chi connectivity index (χ0) is 92.3. The minimum Gasteiger partial charge on any atom is -0.278 e. The first-order valence-corrected chi connectivity index (χ1v) is 47.3. The first-order chi connectivity index (χ1) is 68.1. The number of halogens is 4. The van der Waals surface area contributed by atoms with E-state index in [1.54, 1.807) is 0 Å². The van der Waals surface area contributed by atoms with Crippen LogP contribution < -0.4 is 0 Å². The van der Waals surface area contributed by atoms with Crippen LogP contribution in [0.3, 0.4) is 0 Å². The third-order valence-electron chi connectivity index (χ3n) is 26.1. The lowest BCUT2D eigenvalue weighted by Gasteiger charge is -2.12. The maximum absolute atomic E-state index is 7.11. The first-order valence-electron chi connectivity index (χ1n) is 45.7. The molecule has 11 nitrogen and oxygen atoms in total. The number of fused-ring (bicyclic) bond motifs is 20. The van der Waals surface area contributed by atoms with E-state index in [1.807, 2.05) is 194 Å². The third-order valence-corrected chi connectivity index (χ3v) is 27.4. The molecule has 28 rings (SSSR count). The smallest absolute Gasteiger partial charge is 0.238 e. The van der Waals surface area contributed by atoms with Gasteiger partial charge in [0.2, 0.25) is 17.2 Å². The maximum Gasteiger partial charge on any atom is 0.238 e. The molecule has 5 heterocycles. The Morgan fingerprint density at radius 2 is 0.478 bits per heavy atom. The van der Waals surface area contributed by atoms with Gasteiger partial charge >= 0.3 is 0 Å². The molecule has 0 spiro atoms. The fourth-order valence-corrected chi connectivity index (χ4v) is 21.1. The van der Waals surface area contributed by atoms with Crippen molar-refractivity contribution < 1.29 is 0 Å². The summed E-state index contributed by atoms with van der Waals surface area (Å²) < 4.78 is 4.23. The van der Waals surface area contributed by atoms with Crippen molar-refractivity contribution in [3.05, 3.63) is 485 Å². The van der Waals surface area contributed by atoms with E-state index in [0.29, 0.717) is 46.8 Å². The van der Waals surface area contributed by atoms with Crippen molar-refractivity contribution in [1.82, 2.24) is 54.0 Å². The number of para-hydroxylation sites is 2. The molecular weight excluding hydrogens is 1770 g/mol. The van der Waals surface area contributed by atoms with Crippen LogP contribution in [0.25, 0.3) is 221 Å². The van der Waals surface area contributed by atoms with Crippen LogP contribution in [-0.4, -0.2) is 54.0 Å². The molecule has 5 aromatic heterocycles. The summed E-state index contributed by atoms with van der Waals surface area (Å²) in [5.74, 6) is 4.74. The van der Waals surface area contributed by atoms with Gasteiger partial charge in [0.1, 0.15) is 0 Å². The lowest BCUT2D eigenvalue weighted by Crippen LogP contribution is -2.06. The Labute approximate surface area is 813 Å². The van der Waals surface area contributed by atoms with Gasteiger partial charge < -0.3 is 0 Å². The standard InChI is InChI=1S/2C35H21ClN4.C19H12ClN3.C17H11Cl.C17H12/c2*36-32-26-17-7-5-14-24(26)21-30-31(32)28-18-8-9-20-29(28)40(30)35-38-33(23-12-2-1-3-13-23)37-34(39-35)27-19-10-15-22-11-4-6-16-25(22)27;20-19-22-17(14-8-2-1-3-9-14)21-18(23-19)16-12-6-10-13-7-4-5-11-15(13)16;18-17-15-8-4-2-6-12(15)10-13-9-11-5-1-3-7-14(11)16(13)17;1-3-7-15-12(5-1)9-10-14-11-13-6-2-4-8-16(13)17(14)15/h2*1-21H;1-12H;1-8,10H,9H2;1-10H,11H2. The maximum atomic E-state index is 7.11. The molecule has 0 saturated carbocycles. The van der Waals surface area contributed by atoms with Crippen LogP contribution in [0.2, 0.25) is 20.4 Å². The summed E-state index contributed by atoms with van der Waals surface area (Å²) in [4.78, 5) is 43.6. The largest absolute Gasteiger partial charge is 0.278 e. The SMILES string of the molecule is Clc1c2c(cc3ccccc13)Cc1ccccc1-2.Clc1c2ccccc2cc2c1c1ccccc1n2-c1nc(-c2ccccc2)nc(-c2cccc3ccccc23)n1.Clc1c2ccccc2cc2c1c1ccccc1n2-c1nc(-c2ccccc2)nc(-c2cccc3ccccc23)n1.Clc1nc(-c2ccccc2)nc(-c2cccc3ccccc23)n1.c1ccc2c(c1)Cc1ccc3ccccc3c1-2. The minimum atomic E-state index is 0.196. The van der Waals surface area contributed by atoms with Gasteiger partial charge in [-0.15, -0.1) is 0 Å². The Morgan fingerprint density at radius 3 is 0.920 bits per heavy atom. The van der Waals surface area contributed by atoms with Gasteiger partial charge in [0.25, 0.3) is 0 Å². The molecule has 21 aromatic carbocycles. The van der Waals surface area contributed by atoms with Crippen molar-refractivity contribution in [1.29, 1.82) is 0 Å². The highest BCUT2D eigenvalue weighted by molar-refractivity contribution is 6.44. The van der Waals surface area contributed by atoms with Crippen molar-refractivity contribution in [3.8, 4) is 102 Å². The zero-order valence-electron chi connectivity index (χ0n) is 74.0. The molecule has 0 saturated heterocycles. The Bertz CT molecular complexity index is 8980. The van der Waals surface area contributed by atoms with Crippen LogP contribution in [0.1, 0.15) is 22.3 Å². The normalized spacial score (nSPS) is 11.7. The molecule has 0 radical (unpaired) electrons. The number of benzene rings is 21. The molecule has 0 aliphatic heterocycles. The van der Waals surface area contributed by atoms with Crippen molar-refractivity contribution in [2.75, 3.05) is 0 Å². The van der Waals surface area contributed by atoms with Gasteiger partial charge in [-0.05, 0) is 147 Å². The fraction of sp³-hybridized carbons (Fsp3) is 0.0163. The van der Waals surface area contributed by atoms with Crippen molar-refractivity contribution in [2.24, 2.45) is 0 Å². The summed E-state index contributed by atoms with van der Waals surface area (Å²) in [6.45, 7) is 0. The number of aromatic nitrogens is 11. The number of hydrogen-bond donors (Lipinski definition) is 0. The van der Waals surface area contributed by atoms with Gasteiger partial charge in [-0.3, -0.25) is 9.13 Å². The number of hydrogen-bond acceptors (Lipinski definition) is 9. The van der Waals surface area contributed by atoms with Gasteiger partial charge in [-0.25, -0.2) is 15.0 Å². The number of rotatable bonds is 8. The molecule has 0 bridgehead atoms. The van der Waals surface area contributed by atoms with Gasteiger partial charge in [-0.1, -0.05) is 453 Å². The number of nitrogens with zero attached hydrogens (tertiary/aromatic N) is 11. The molecule has 2 aliphatic carbocycles. The zero-order valence-corrected chi connectivity index (χ0v) is 77.0. The predicted molar refractivity (Wildman–Crippen MR) is 573 cm³/mol. The van der Waals surface area contributed by atoms with Crippen LogP contribution in [0, 0.1) is 0 Å². The molecule has 0 amide bonds. The van der Waals surface area contributed by atoms with E-state index >= 15 is 0 Å². The van der Waals surface area contributed by atoms with Gasteiger partial charge in [0, 0.05) is 76.6 Å². The molecule has 0 unspecified atom stereocenters. The van der Waals surface area contributed by atoms with Gasteiger partial charge in [0.05, 0.1) is 37.1 Å². The van der Waals surface area contributed by atoms with Crippen LogP contribution >= 0.6 is 46.4 Å². The van der Waals surface area contributed by atoms with Crippen molar-refractivity contribution in [2.45, 2.75) is 12.8 Å². The molecule has 0 atom stereocenters. The molecule has 26 aromatic rings. The second-order valence-corrected chi connectivity index (χ2v) is 35.7. The summed E-state index contributed by atoms with van der Waals surface area (Å²) in [6, 6.07) is 152. The summed E-state index contributed by atoms with van der Waals surface area (Å²) in [5, 5.41) is 22.6.